The van der Waals surface area contributed by atoms with Gasteiger partial charge in [0.25, 0.3) is 0 Å². The van der Waals surface area contributed by atoms with Gasteiger partial charge in [0.2, 0.25) is 0 Å². The molecule has 7 nitrogen and oxygen atoms in total. The van der Waals surface area contributed by atoms with Crippen molar-refractivity contribution in [3.8, 4) is 0 Å². The Morgan fingerprint density at radius 3 is 2.36 bits per heavy atom. The lowest BCUT2D eigenvalue weighted by Gasteiger charge is -2.40. The van der Waals surface area contributed by atoms with Crippen molar-refractivity contribution in [3.05, 3.63) is 35.5 Å². The monoisotopic (exact) mass is 719 g/mol. The largest absolute Gasteiger partial charge is 0.462 e. The number of carbonyl (C=O) groups is 1. The lowest BCUT2D eigenvalue weighted by atomic mass is 9.83. The van der Waals surface area contributed by atoms with Crippen LogP contribution in [0.4, 0.5) is 0 Å². The summed E-state index contributed by atoms with van der Waals surface area (Å²) in [4.78, 5) is 13.9. The number of esters is 1. The molecule has 3 aliphatic heterocycles. The Balaban J connectivity index is 1.87. The zero-order valence-corrected chi connectivity index (χ0v) is 35.4. The van der Waals surface area contributed by atoms with Crippen molar-refractivity contribution < 1.29 is 32.9 Å². The smallest absolute Gasteiger partial charge is 0.311 e. The first-order valence-electron chi connectivity index (χ1n) is 19.6. The molecule has 3 rings (SSSR count). The molecular weight excluding hydrogens is 645 g/mol. The van der Waals surface area contributed by atoms with Gasteiger partial charge in [0.15, 0.2) is 19.9 Å². The highest BCUT2D eigenvalue weighted by atomic mass is 28.4. The van der Waals surface area contributed by atoms with Gasteiger partial charge in [-0.25, -0.2) is 0 Å². The molecular formula is C42H74O7Si. The predicted molar refractivity (Wildman–Crippen MR) is 206 cm³/mol. The van der Waals surface area contributed by atoms with E-state index in [9.17, 15) is 4.79 Å². The van der Waals surface area contributed by atoms with Crippen LogP contribution >= 0.6 is 0 Å². The zero-order valence-electron chi connectivity index (χ0n) is 34.4. The van der Waals surface area contributed by atoms with Crippen molar-refractivity contribution in [1.82, 2.24) is 0 Å². The molecule has 2 unspecified atom stereocenters. The number of rotatable bonds is 8. The second kappa shape index (κ2) is 18.2. The van der Waals surface area contributed by atoms with Crippen LogP contribution in [0.5, 0.6) is 0 Å². The van der Waals surface area contributed by atoms with Crippen LogP contribution in [0.2, 0.25) is 18.1 Å². The molecule has 0 aromatic carbocycles. The molecule has 1 saturated heterocycles. The molecule has 2 bridgehead atoms. The number of fused-ring (bicyclic) bond motifs is 2. The Morgan fingerprint density at radius 1 is 1.02 bits per heavy atom. The normalized spacial score (nSPS) is 35.6. The van der Waals surface area contributed by atoms with Gasteiger partial charge < -0.3 is 28.1 Å². The fourth-order valence-electron chi connectivity index (χ4n) is 7.48. The highest BCUT2D eigenvalue weighted by Gasteiger charge is 2.42. The van der Waals surface area contributed by atoms with Gasteiger partial charge in [-0.2, -0.15) is 0 Å². The number of ether oxygens (including phenoxy) is 5. The Bertz CT molecular complexity index is 1180. The minimum absolute atomic E-state index is 0.0530. The van der Waals surface area contributed by atoms with Crippen LogP contribution in [0.25, 0.3) is 0 Å². The van der Waals surface area contributed by atoms with Crippen LogP contribution in [0, 0.1) is 23.7 Å². The van der Waals surface area contributed by atoms with E-state index in [4.69, 9.17) is 28.1 Å². The van der Waals surface area contributed by atoms with Crippen LogP contribution in [0.15, 0.2) is 35.5 Å². The summed E-state index contributed by atoms with van der Waals surface area (Å²) in [6, 6.07) is 0. The lowest BCUT2D eigenvalue weighted by molar-refractivity contribution is -0.291. The maximum absolute atomic E-state index is 13.9. The predicted octanol–water partition coefficient (Wildman–Crippen LogP) is 10.7. The van der Waals surface area contributed by atoms with Crippen molar-refractivity contribution in [3.63, 3.8) is 0 Å². The molecule has 0 aromatic rings. The molecule has 0 N–H and O–H groups in total. The number of allylic oxidation sites excluding steroid dienone is 2. The number of hydrogen-bond donors (Lipinski definition) is 0. The summed E-state index contributed by atoms with van der Waals surface area (Å²) < 4.78 is 38.3. The molecule has 0 aromatic heterocycles. The van der Waals surface area contributed by atoms with E-state index in [-0.39, 0.29) is 53.7 Å². The Labute approximate surface area is 307 Å². The van der Waals surface area contributed by atoms with Crippen molar-refractivity contribution in [2.45, 2.75) is 188 Å². The van der Waals surface area contributed by atoms with Crippen LogP contribution in [0.1, 0.15) is 134 Å². The van der Waals surface area contributed by atoms with Gasteiger partial charge in [0, 0.05) is 19.4 Å². The molecule has 8 heteroatoms. The summed E-state index contributed by atoms with van der Waals surface area (Å²) in [5.41, 5.74) is 2.29. The first kappa shape index (κ1) is 43.1. The quantitative estimate of drug-likeness (QED) is 0.141. The third-order valence-corrected chi connectivity index (χ3v) is 16.3. The Kier molecular flexibility index (Phi) is 15.7. The molecule has 1 fully saturated rings. The second-order valence-corrected chi connectivity index (χ2v) is 22.8. The van der Waals surface area contributed by atoms with Gasteiger partial charge >= 0.3 is 5.97 Å². The van der Waals surface area contributed by atoms with Crippen molar-refractivity contribution in [1.29, 1.82) is 0 Å². The second-order valence-electron chi connectivity index (χ2n) is 18.0. The molecule has 9 atom stereocenters. The van der Waals surface area contributed by atoms with E-state index in [1.165, 1.54) is 0 Å². The van der Waals surface area contributed by atoms with Gasteiger partial charge in [-0.05, 0) is 113 Å². The van der Waals surface area contributed by atoms with E-state index in [2.05, 4.69) is 99.7 Å². The van der Waals surface area contributed by atoms with E-state index in [0.29, 0.717) is 24.9 Å². The summed E-state index contributed by atoms with van der Waals surface area (Å²) >= 11 is 0. The summed E-state index contributed by atoms with van der Waals surface area (Å²) in [6.45, 7) is 29.5. The maximum atomic E-state index is 13.9. The van der Waals surface area contributed by atoms with Crippen molar-refractivity contribution in [2.75, 3.05) is 13.7 Å². The van der Waals surface area contributed by atoms with Gasteiger partial charge in [0.1, 0.15) is 12.2 Å². The van der Waals surface area contributed by atoms with Gasteiger partial charge in [-0.3, -0.25) is 4.79 Å². The lowest BCUT2D eigenvalue weighted by Crippen LogP contribution is -2.45. The third-order valence-electron chi connectivity index (χ3n) is 11.8. The SMILES string of the molecule is CO[C@]12CC=C(C)[C@H](O1)/C(C)=C\CCC[C@@H](O[Si](C)(C)C(C)(C)C)C=C[C@H](C)C[C@@H](C)C([C@H](C)CCCC1OC(C)(C)OC[C@H]1C)OC(=O)C2. The van der Waals surface area contributed by atoms with Gasteiger partial charge in [0.05, 0.1) is 25.2 Å². The van der Waals surface area contributed by atoms with E-state index >= 15 is 0 Å². The molecule has 0 amide bonds. The van der Waals surface area contributed by atoms with E-state index in [1.807, 2.05) is 13.8 Å². The Hall–Kier alpha value is -1.29. The minimum atomic E-state index is -1.97. The number of carbonyl (C=O) groups excluding carboxylic acids is 1. The molecule has 0 saturated carbocycles. The summed E-state index contributed by atoms with van der Waals surface area (Å²) in [6.07, 6.45) is 16.2. The highest BCUT2D eigenvalue weighted by molar-refractivity contribution is 6.74. The van der Waals surface area contributed by atoms with Gasteiger partial charge in [-0.15, -0.1) is 0 Å². The van der Waals surface area contributed by atoms with E-state index in [1.54, 1.807) is 7.11 Å². The topological polar surface area (TPSA) is 72.5 Å². The first-order chi connectivity index (χ1) is 23.2. The highest BCUT2D eigenvalue weighted by Crippen LogP contribution is 2.39. The average Bonchev–Trinajstić information content (AvgIpc) is 3.01. The molecule has 3 aliphatic rings. The molecule has 50 heavy (non-hydrogen) atoms. The standard InChI is InChI=1S/C42H74O7Si/c1-29-22-23-35(49-50(13,14)40(7,8)9)20-16-15-18-31(3)39-32(4)24-25-42(44-12,48-39)27-37(43)46-38(33(5)26-29)30(2)19-17-21-36-34(6)28-45-41(10,11)47-36/h18,22-24,29-30,33-36,38-39H,15-17,19-21,25-28H2,1-14H3/b23-22?,31-18-/t29-,30+,33+,34+,35+,36?,38?,39+,42+/m0/s1. The zero-order chi connectivity index (χ0) is 37.5. The average molecular weight is 719 g/mol. The van der Waals surface area contributed by atoms with Crippen molar-refractivity contribution in [2.24, 2.45) is 23.7 Å². The fraction of sp³-hybridized carbons (Fsp3) is 0.833. The first-order valence-corrected chi connectivity index (χ1v) is 22.5. The molecule has 3 heterocycles. The summed E-state index contributed by atoms with van der Waals surface area (Å²) in [5.74, 6) is -0.867. The summed E-state index contributed by atoms with van der Waals surface area (Å²) in [7, 11) is -0.326. The van der Waals surface area contributed by atoms with Crippen LogP contribution in [-0.4, -0.2) is 64.0 Å². The van der Waals surface area contributed by atoms with E-state index < -0.39 is 19.9 Å². The summed E-state index contributed by atoms with van der Waals surface area (Å²) in [5, 5.41) is 0.137. The Morgan fingerprint density at radius 2 is 1.70 bits per heavy atom. The maximum Gasteiger partial charge on any atom is 0.311 e. The van der Waals surface area contributed by atoms with Crippen molar-refractivity contribution >= 4 is 14.3 Å². The van der Waals surface area contributed by atoms with Crippen LogP contribution < -0.4 is 0 Å². The van der Waals surface area contributed by atoms with Gasteiger partial charge in [-0.1, -0.05) is 79.2 Å². The molecule has 0 radical (unpaired) electrons. The molecule has 0 aliphatic carbocycles. The number of hydrogen-bond acceptors (Lipinski definition) is 7. The van der Waals surface area contributed by atoms with Crippen LogP contribution in [-0.2, 0) is 32.9 Å². The molecule has 288 valence electrons. The fourth-order valence-corrected chi connectivity index (χ4v) is 8.78. The number of methoxy groups -OCH3 is 1. The minimum Gasteiger partial charge on any atom is -0.462 e. The molecule has 0 spiro atoms. The third kappa shape index (κ3) is 12.4. The van der Waals surface area contributed by atoms with E-state index in [0.717, 1.165) is 56.1 Å². The van der Waals surface area contributed by atoms with Crippen LogP contribution in [0.3, 0.4) is 0 Å². The number of cyclic esters (lactones) is 1.